The number of oxime groups is 1. The third kappa shape index (κ3) is 5.98. The average molecular weight is 589 g/mol. The first-order valence-electron chi connectivity index (χ1n) is 13.8. The smallest absolute Gasteiger partial charge is 0.313 e. The van der Waals surface area contributed by atoms with Crippen molar-refractivity contribution in [2.24, 2.45) is 5.16 Å². The minimum Gasteiger partial charge on any atom is -0.313 e. The Morgan fingerprint density at radius 2 is 1.52 bits per heavy atom. The van der Waals surface area contributed by atoms with Crippen LogP contribution in [-0.2, 0) is 11.3 Å². The molecular formula is C36H29ClN2O2S. The fourth-order valence-corrected chi connectivity index (χ4v) is 6.29. The van der Waals surface area contributed by atoms with E-state index >= 15 is 0 Å². The van der Waals surface area contributed by atoms with Crippen LogP contribution in [0, 0.1) is 13.8 Å². The molecule has 0 unspecified atom stereocenters. The Hall–Kier alpha value is -4.32. The average Bonchev–Trinajstić information content (AvgIpc) is 3.40. The first kappa shape index (κ1) is 27.8. The topological polar surface area (TPSA) is 43.6 Å². The fraction of sp³-hybridized carbons (Fsp3) is 0.111. The minimum atomic E-state index is -0.476. The number of carbonyl (C=O) groups excluding carboxylic acids is 1. The Labute approximate surface area is 255 Å². The van der Waals surface area contributed by atoms with Crippen LogP contribution in [0.1, 0.15) is 39.2 Å². The molecule has 0 aliphatic heterocycles. The lowest BCUT2D eigenvalue weighted by Crippen LogP contribution is -2.09. The maximum Gasteiger partial charge on any atom is 0.365 e. The molecule has 208 valence electrons. The molecule has 0 N–H and O–H groups in total. The van der Waals surface area contributed by atoms with Crippen LogP contribution in [0.5, 0.6) is 0 Å². The lowest BCUT2D eigenvalue weighted by Gasteiger charge is -2.21. The molecule has 1 aliphatic carbocycles. The molecular weight excluding hydrogens is 560 g/mol. The minimum absolute atomic E-state index is 0.472. The molecule has 0 spiro atoms. The second-order valence-electron chi connectivity index (χ2n) is 10.3. The van der Waals surface area contributed by atoms with E-state index in [2.05, 4.69) is 83.4 Å². The molecule has 0 saturated heterocycles. The van der Waals surface area contributed by atoms with Gasteiger partial charge in [0.25, 0.3) is 0 Å². The molecule has 42 heavy (non-hydrogen) atoms. The molecule has 6 heteroatoms. The highest BCUT2D eigenvalue weighted by Crippen LogP contribution is 2.45. The van der Waals surface area contributed by atoms with Crippen molar-refractivity contribution in [3.63, 3.8) is 0 Å². The molecule has 1 aliphatic rings. The number of hydrogen-bond donors (Lipinski definition) is 0. The molecule has 1 heterocycles. The number of halogens is 1. The van der Waals surface area contributed by atoms with Crippen molar-refractivity contribution in [3.8, 4) is 16.9 Å². The molecule has 0 bridgehead atoms. The van der Waals surface area contributed by atoms with Gasteiger partial charge in [0.15, 0.2) is 0 Å². The van der Waals surface area contributed by atoms with Gasteiger partial charge >= 0.3 is 5.97 Å². The highest BCUT2D eigenvalue weighted by Gasteiger charge is 2.26. The van der Waals surface area contributed by atoms with Crippen LogP contribution in [0.15, 0.2) is 125 Å². The monoisotopic (exact) mass is 588 g/mol. The molecule has 4 nitrogen and oxygen atoms in total. The summed E-state index contributed by atoms with van der Waals surface area (Å²) in [6.45, 7) is 4.07. The zero-order chi connectivity index (χ0) is 29.1. The van der Waals surface area contributed by atoms with E-state index in [4.69, 9.17) is 16.4 Å². The number of thioether (sulfide) groups is 1. The highest BCUT2D eigenvalue weighted by molar-refractivity contribution is 8.08. The van der Waals surface area contributed by atoms with Crippen molar-refractivity contribution < 1.29 is 9.63 Å². The van der Waals surface area contributed by atoms with Crippen LogP contribution in [0.3, 0.4) is 0 Å². The van der Waals surface area contributed by atoms with Crippen molar-refractivity contribution in [3.05, 3.63) is 148 Å². The number of benzene rings is 4. The third-order valence-corrected chi connectivity index (χ3v) is 8.74. The van der Waals surface area contributed by atoms with Gasteiger partial charge < -0.3 is 9.40 Å². The zero-order valence-electron chi connectivity index (χ0n) is 23.4. The van der Waals surface area contributed by atoms with Crippen molar-refractivity contribution in [1.82, 2.24) is 4.57 Å². The summed E-state index contributed by atoms with van der Waals surface area (Å²) >= 11 is 7.97. The number of fused-ring (bicyclic) bond motifs is 1. The van der Waals surface area contributed by atoms with Gasteiger partial charge in [0.05, 0.1) is 17.5 Å². The molecule has 4 aromatic carbocycles. The predicted octanol–water partition coefficient (Wildman–Crippen LogP) is 9.71. The first-order valence-corrected chi connectivity index (χ1v) is 15.0. The SMILES string of the molecule is Cc1ccc(SC2=C(/C=N\OC(=O)c3ccc(C)cc3)CCc3c2cc(-c2ccccc2)n3-c2ccc(Cl)cc2)cc1. The van der Waals surface area contributed by atoms with Crippen LogP contribution in [0.25, 0.3) is 21.8 Å². The van der Waals surface area contributed by atoms with Crippen molar-refractivity contribution in [2.75, 3.05) is 0 Å². The van der Waals surface area contributed by atoms with Gasteiger partial charge in [-0.1, -0.05) is 94.2 Å². The number of nitrogens with zero attached hydrogens (tertiary/aromatic N) is 2. The maximum atomic E-state index is 12.6. The van der Waals surface area contributed by atoms with Gasteiger partial charge in [0, 0.05) is 31.8 Å². The summed E-state index contributed by atoms with van der Waals surface area (Å²) in [6.07, 6.45) is 3.25. The number of allylic oxidation sites excluding steroid dienone is 1. The van der Waals surface area contributed by atoms with Gasteiger partial charge in [0.2, 0.25) is 0 Å². The van der Waals surface area contributed by atoms with E-state index in [-0.39, 0.29) is 0 Å². The second-order valence-corrected chi connectivity index (χ2v) is 11.8. The third-order valence-electron chi connectivity index (χ3n) is 7.30. The molecule has 0 atom stereocenters. The van der Waals surface area contributed by atoms with Gasteiger partial charge in [-0.2, -0.15) is 0 Å². The number of aryl methyl sites for hydroxylation is 2. The molecule has 1 aromatic heterocycles. The Balaban J connectivity index is 1.44. The Morgan fingerprint density at radius 3 is 2.21 bits per heavy atom. The van der Waals surface area contributed by atoms with Crippen LogP contribution in [-0.4, -0.2) is 16.8 Å². The normalized spacial score (nSPS) is 12.9. The largest absolute Gasteiger partial charge is 0.365 e. The van der Waals surface area contributed by atoms with Gasteiger partial charge in [-0.3, -0.25) is 0 Å². The first-order chi connectivity index (χ1) is 20.5. The van der Waals surface area contributed by atoms with E-state index < -0.39 is 5.97 Å². The predicted molar refractivity (Wildman–Crippen MR) is 174 cm³/mol. The molecule has 0 amide bonds. The standard InChI is InChI=1S/C36H29ClN2O2S/c1-24-8-12-27(13-9-24)36(40)41-38-23-28-14-21-33-32(35(28)42-31-19-10-25(2)11-20-31)22-34(26-6-4-3-5-7-26)39(33)30-17-15-29(37)16-18-30/h3-13,15-20,22-23H,14,21H2,1-2H3/b38-23-. The van der Waals surface area contributed by atoms with Crippen molar-refractivity contribution >= 4 is 40.5 Å². The van der Waals surface area contributed by atoms with Crippen molar-refractivity contribution in [2.45, 2.75) is 31.6 Å². The summed E-state index contributed by atoms with van der Waals surface area (Å²) in [5.41, 5.74) is 9.45. The number of hydrogen-bond acceptors (Lipinski definition) is 4. The number of carbonyl (C=O) groups is 1. The van der Waals surface area contributed by atoms with E-state index in [1.165, 1.54) is 11.3 Å². The summed E-state index contributed by atoms with van der Waals surface area (Å²) < 4.78 is 2.34. The Morgan fingerprint density at radius 1 is 0.857 bits per heavy atom. The number of rotatable bonds is 7. The maximum absolute atomic E-state index is 12.6. The van der Waals surface area contributed by atoms with Gasteiger partial charge in [-0.05, 0) is 92.4 Å². The van der Waals surface area contributed by atoms with E-state index in [9.17, 15) is 4.79 Å². The zero-order valence-corrected chi connectivity index (χ0v) is 25.0. The van der Waals surface area contributed by atoms with Gasteiger partial charge in [-0.25, -0.2) is 4.79 Å². The van der Waals surface area contributed by atoms with Crippen LogP contribution >= 0.6 is 23.4 Å². The van der Waals surface area contributed by atoms with E-state index in [0.717, 1.165) is 56.3 Å². The molecule has 0 fully saturated rings. The summed E-state index contributed by atoms with van der Waals surface area (Å²) in [4.78, 5) is 20.2. The van der Waals surface area contributed by atoms with Crippen LogP contribution in [0.4, 0.5) is 0 Å². The molecule has 0 saturated carbocycles. The van der Waals surface area contributed by atoms with Crippen molar-refractivity contribution in [1.29, 1.82) is 0 Å². The Bertz CT molecular complexity index is 1790. The molecule has 5 aromatic rings. The van der Waals surface area contributed by atoms with Gasteiger partial charge in [0.1, 0.15) is 0 Å². The van der Waals surface area contributed by atoms with Crippen LogP contribution in [0.2, 0.25) is 5.02 Å². The van der Waals surface area contributed by atoms with E-state index in [1.807, 2.05) is 37.3 Å². The van der Waals surface area contributed by atoms with E-state index in [0.29, 0.717) is 10.6 Å². The number of aromatic nitrogens is 1. The Kier molecular flexibility index (Phi) is 8.13. The summed E-state index contributed by atoms with van der Waals surface area (Å²) in [6, 6.07) is 36.5. The van der Waals surface area contributed by atoms with E-state index in [1.54, 1.807) is 30.1 Å². The quantitative estimate of drug-likeness (QED) is 0.108. The molecule has 0 radical (unpaired) electrons. The summed E-state index contributed by atoms with van der Waals surface area (Å²) in [5.74, 6) is -0.476. The lowest BCUT2D eigenvalue weighted by atomic mass is 9.97. The molecule has 6 rings (SSSR count). The summed E-state index contributed by atoms with van der Waals surface area (Å²) in [5, 5.41) is 4.86. The van der Waals surface area contributed by atoms with Gasteiger partial charge in [-0.15, -0.1) is 0 Å². The van der Waals surface area contributed by atoms with Crippen LogP contribution < -0.4 is 0 Å². The fourth-order valence-electron chi connectivity index (χ4n) is 5.09. The highest BCUT2D eigenvalue weighted by atomic mass is 35.5. The second kappa shape index (κ2) is 12.3. The summed E-state index contributed by atoms with van der Waals surface area (Å²) in [7, 11) is 0. The lowest BCUT2D eigenvalue weighted by molar-refractivity contribution is 0.0519.